The molecule has 0 spiro atoms. The number of nitrogens with one attached hydrogen (secondary N) is 1. The number of thioether (sulfide) groups is 1. The average molecular weight is 390 g/mol. The van der Waals surface area contributed by atoms with Crippen molar-refractivity contribution in [1.82, 2.24) is 15.1 Å². The summed E-state index contributed by atoms with van der Waals surface area (Å²) < 4.78 is 2.04. The van der Waals surface area contributed by atoms with Gasteiger partial charge >= 0.3 is 0 Å². The Kier molecular flexibility index (Phi) is 4.47. The van der Waals surface area contributed by atoms with Crippen LogP contribution in [0.15, 0.2) is 60.7 Å². The first-order chi connectivity index (χ1) is 13.8. The largest absolute Gasteiger partial charge is 0.341 e. The first-order valence-electron chi connectivity index (χ1n) is 9.83. The van der Waals surface area contributed by atoms with Gasteiger partial charge in [0.15, 0.2) is 5.69 Å². The van der Waals surface area contributed by atoms with Gasteiger partial charge in [-0.2, -0.15) is 16.9 Å². The molecule has 1 amide bonds. The highest BCUT2D eigenvalue weighted by atomic mass is 32.2. The Morgan fingerprint density at radius 2 is 1.79 bits per heavy atom. The summed E-state index contributed by atoms with van der Waals surface area (Å²) in [5.41, 5.74) is 5.14. The molecule has 1 saturated carbocycles. The number of benzene rings is 2. The Balaban J connectivity index is 1.44. The summed E-state index contributed by atoms with van der Waals surface area (Å²) in [6.07, 6.45) is 2.95. The fourth-order valence-corrected chi connectivity index (χ4v) is 5.01. The van der Waals surface area contributed by atoms with Crippen LogP contribution in [-0.2, 0) is 24.3 Å². The molecule has 1 aliphatic carbocycles. The minimum absolute atomic E-state index is 0.0353. The molecule has 0 atom stereocenters. The van der Waals surface area contributed by atoms with Crippen molar-refractivity contribution in [2.75, 3.05) is 5.75 Å². The lowest BCUT2D eigenvalue weighted by Crippen LogP contribution is -2.35. The van der Waals surface area contributed by atoms with Crippen LogP contribution >= 0.6 is 11.8 Å². The van der Waals surface area contributed by atoms with Crippen LogP contribution < -0.4 is 5.32 Å². The number of carbonyl (C=O) groups is 1. The minimum Gasteiger partial charge on any atom is -0.341 e. The summed E-state index contributed by atoms with van der Waals surface area (Å²) in [5.74, 6) is 1.92. The van der Waals surface area contributed by atoms with Gasteiger partial charge < -0.3 is 5.32 Å². The van der Waals surface area contributed by atoms with Crippen LogP contribution in [0.4, 0.5) is 0 Å². The van der Waals surface area contributed by atoms with Crippen LogP contribution in [0, 0.1) is 0 Å². The van der Waals surface area contributed by atoms with Crippen molar-refractivity contribution in [3.8, 4) is 0 Å². The molecule has 28 heavy (non-hydrogen) atoms. The zero-order valence-corrected chi connectivity index (χ0v) is 16.5. The SMILES string of the molecule is O=C(NC1(c2ccccc2)CC1)c1nn(Cc2ccccc2)c2c1CSCC2. The lowest BCUT2D eigenvalue weighted by atomic mass is 10.0. The van der Waals surface area contributed by atoms with Gasteiger partial charge in [-0.15, -0.1) is 0 Å². The van der Waals surface area contributed by atoms with Crippen LogP contribution in [-0.4, -0.2) is 21.4 Å². The molecule has 0 saturated heterocycles. The number of aromatic nitrogens is 2. The number of amides is 1. The molecule has 1 aromatic heterocycles. The minimum atomic E-state index is -0.212. The molecule has 5 heteroatoms. The van der Waals surface area contributed by atoms with Gasteiger partial charge in [0.05, 0.1) is 12.1 Å². The lowest BCUT2D eigenvalue weighted by molar-refractivity contribution is 0.0924. The van der Waals surface area contributed by atoms with Crippen LogP contribution in [0.3, 0.4) is 0 Å². The molecule has 5 rings (SSSR count). The van der Waals surface area contributed by atoms with Crippen molar-refractivity contribution in [3.05, 3.63) is 88.7 Å². The molecule has 0 radical (unpaired) electrons. The second-order valence-electron chi connectivity index (χ2n) is 7.62. The van der Waals surface area contributed by atoms with E-state index in [0.717, 1.165) is 36.3 Å². The molecular weight excluding hydrogens is 366 g/mol. The zero-order valence-electron chi connectivity index (χ0n) is 15.7. The van der Waals surface area contributed by atoms with Gasteiger partial charge in [-0.25, -0.2) is 0 Å². The van der Waals surface area contributed by atoms with Crippen molar-refractivity contribution in [3.63, 3.8) is 0 Å². The molecule has 142 valence electrons. The smallest absolute Gasteiger partial charge is 0.272 e. The Morgan fingerprint density at radius 3 is 2.50 bits per heavy atom. The highest BCUT2D eigenvalue weighted by Crippen LogP contribution is 2.45. The predicted molar refractivity (Wildman–Crippen MR) is 112 cm³/mol. The normalized spacial score (nSPS) is 17.0. The molecule has 4 nitrogen and oxygen atoms in total. The summed E-state index contributed by atoms with van der Waals surface area (Å²) in [7, 11) is 0. The van der Waals surface area contributed by atoms with E-state index >= 15 is 0 Å². The first kappa shape index (κ1) is 17.6. The maximum atomic E-state index is 13.2. The molecule has 1 fully saturated rings. The van der Waals surface area contributed by atoms with Crippen molar-refractivity contribution >= 4 is 17.7 Å². The summed E-state index contributed by atoms with van der Waals surface area (Å²) >= 11 is 1.89. The Bertz CT molecular complexity index is 993. The van der Waals surface area contributed by atoms with Crippen molar-refractivity contribution in [2.45, 2.75) is 37.1 Å². The number of carbonyl (C=O) groups excluding carboxylic acids is 1. The van der Waals surface area contributed by atoms with Crippen molar-refractivity contribution in [1.29, 1.82) is 0 Å². The first-order valence-corrected chi connectivity index (χ1v) is 11.0. The quantitative estimate of drug-likeness (QED) is 0.713. The third kappa shape index (κ3) is 3.24. The van der Waals surface area contributed by atoms with Crippen LogP contribution in [0.25, 0.3) is 0 Å². The fourth-order valence-electron chi connectivity index (χ4n) is 4.02. The summed E-state index contributed by atoms with van der Waals surface area (Å²) in [6, 6.07) is 20.6. The number of rotatable bonds is 5. The fraction of sp³-hybridized carbons (Fsp3) is 0.304. The monoisotopic (exact) mass is 389 g/mol. The topological polar surface area (TPSA) is 46.9 Å². The van der Waals surface area contributed by atoms with E-state index in [-0.39, 0.29) is 11.4 Å². The van der Waals surface area contributed by atoms with Crippen molar-refractivity contribution < 1.29 is 4.79 Å². The van der Waals surface area contributed by atoms with Gasteiger partial charge in [-0.1, -0.05) is 60.7 Å². The average Bonchev–Trinajstić information content (AvgIpc) is 3.44. The maximum absolute atomic E-state index is 13.2. The molecule has 2 aliphatic rings. The summed E-state index contributed by atoms with van der Waals surface area (Å²) in [4.78, 5) is 13.2. The molecule has 3 aromatic rings. The Morgan fingerprint density at radius 1 is 1.07 bits per heavy atom. The summed E-state index contributed by atoms with van der Waals surface area (Å²) in [5, 5.41) is 8.09. The van der Waals surface area contributed by atoms with E-state index in [0.29, 0.717) is 12.2 Å². The second kappa shape index (κ2) is 7.13. The third-order valence-corrected chi connectivity index (χ3v) is 6.70. The van der Waals surface area contributed by atoms with Crippen LogP contribution in [0.1, 0.15) is 45.7 Å². The number of fused-ring (bicyclic) bond motifs is 1. The van der Waals surface area contributed by atoms with Crippen molar-refractivity contribution in [2.24, 2.45) is 0 Å². The molecule has 1 aliphatic heterocycles. The molecule has 2 aromatic carbocycles. The molecule has 0 unspecified atom stereocenters. The van der Waals surface area contributed by atoms with E-state index in [2.05, 4.69) is 29.6 Å². The van der Waals surface area contributed by atoms with Gasteiger partial charge in [0.1, 0.15) is 0 Å². The highest BCUT2D eigenvalue weighted by molar-refractivity contribution is 7.98. The van der Waals surface area contributed by atoms with E-state index < -0.39 is 0 Å². The van der Waals surface area contributed by atoms with E-state index in [9.17, 15) is 4.79 Å². The van der Waals surface area contributed by atoms with E-state index in [1.54, 1.807) is 0 Å². The molecular formula is C23H23N3OS. The number of nitrogens with zero attached hydrogens (tertiary/aromatic N) is 2. The van der Waals surface area contributed by atoms with Gasteiger partial charge in [-0.3, -0.25) is 9.48 Å². The predicted octanol–water partition coefficient (Wildman–Crippen LogP) is 4.14. The summed E-state index contributed by atoms with van der Waals surface area (Å²) in [6.45, 7) is 0.713. The molecule has 1 N–H and O–H groups in total. The lowest BCUT2D eigenvalue weighted by Gasteiger charge is -2.18. The highest BCUT2D eigenvalue weighted by Gasteiger charge is 2.46. The van der Waals surface area contributed by atoms with E-state index in [1.165, 1.54) is 16.8 Å². The number of hydrogen-bond donors (Lipinski definition) is 1. The van der Waals surface area contributed by atoms with Gasteiger partial charge in [0.2, 0.25) is 0 Å². The van der Waals surface area contributed by atoms with E-state index in [4.69, 9.17) is 5.10 Å². The molecule has 0 bridgehead atoms. The van der Waals surface area contributed by atoms with Gasteiger partial charge in [0, 0.05) is 17.0 Å². The van der Waals surface area contributed by atoms with Gasteiger partial charge in [-0.05, 0) is 36.1 Å². The van der Waals surface area contributed by atoms with Crippen LogP contribution in [0.5, 0.6) is 0 Å². The van der Waals surface area contributed by atoms with Gasteiger partial charge in [0.25, 0.3) is 5.91 Å². The van der Waals surface area contributed by atoms with E-state index in [1.807, 2.05) is 52.8 Å². The zero-order chi connectivity index (χ0) is 19.0. The number of hydrogen-bond acceptors (Lipinski definition) is 3. The molecule has 2 heterocycles. The standard InChI is InChI=1S/C23H23N3OS/c27-22(24-23(12-13-23)18-9-5-2-6-10-18)21-19-16-28-14-11-20(19)26(25-21)15-17-7-3-1-4-8-17/h1-10H,11-16H2,(H,24,27). The Labute approximate surface area is 169 Å². The second-order valence-corrected chi connectivity index (χ2v) is 8.73. The third-order valence-electron chi connectivity index (χ3n) is 5.72. The van der Waals surface area contributed by atoms with Crippen LogP contribution in [0.2, 0.25) is 0 Å². The maximum Gasteiger partial charge on any atom is 0.272 e. The Hall–Kier alpha value is -2.53.